The maximum Gasteiger partial charge on any atom is 0.137 e. The summed E-state index contributed by atoms with van der Waals surface area (Å²) in [5.41, 5.74) is 0. The molecule has 0 aromatic heterocycles. The Bertz CT molecular complexity index is 159. The zero-order valence-electron chi connectivity index (χ0n) is 9.70. The molecule has 1 N–H and O–H groups in total. The standard InChI is InChI=1S/C11H22O4/c1-3-10(2)11(13)4-6-14-8-9-15-7-5-12/h10,12H,3-9H2,1-2H3. The van der Waals surface area contributed by atoms with Gasteiger partial charge < -0.3 is 14.6 Å². The predicted octanol–water partition coefficient (Wildman–Crippen LogP) is 1.02. The minimum Gasteiger partial charge on any atom is -0.394 e. The summed E-state index contributed by atoms with van der Waals surface area (Å²) in [5.74, 6) is 0.396. The molecular formula is C11H22O4. The minimum atomic E-state index is 0.0342. The molecular weight excluding hydrogens is 196 g/mol. The zero-order valence-corrected chi connectivity index (χ0v) is 9.70. The monoisotopic (exact) mass is 218 g/mol. The number of ether oxygens (including phenoxy) is 2. The van der Waals surface area contributed by atoms with Gasteiger partial charge in [0.1, 0.15) is 5.78 Å². The Labute approximate surface area is 91.6 Å². The second-order valence-corrected chi connectivity index (χ2v) is 3.47. The summed E-state index contributed by atoms with van der Waals surface area (Å²) in [7, 11) is 0. The first-order valence-corrected chi connectivity index (χ1v) is 5.51. The van der Waals surface area contributed by atoms with Crippen molar-refractivity contribution in [3.8, 4) is 0 Å². The number of carbonyl (C=O) groups is 1. The van der Waals surface area contributed by atoms with Gasteiger partial charge in [-0.15, -0.1) is 0 Å². The van der Waals surface area contributed by atoms with E-state index in [4.69, 9.17) is 14.6 Å². The highest BCUT2D eigenvalue weighted by molar-refractivity contribution is 5.80. The SMILES string of the molecule is CCC(C)C(=O)CCOCCOCCO. The largest absolute Gasteiger partial charge is 0.394 e. The van der Waals surface area contributed by atoms with Gasteiger partial charge >= 0.3 is 0 Å². The molecule has 0 aliphatic carbocycles. The molecule has 0 saturated carbocycles. The smallest absolute Gasteiger partial charge is 0.137 e. The van der Waals surface area contributed by atoms with Crippen molar-refractivity contribution in [2.24, 2.45) is 5.92 Å². The van der Waals surface area contributed by atoms with Crippen LogP contribution in [0.25, 0.3) is 0 Å². The average molecular weight is 218 g/mol. The Kier molecular flexibility index (Phi) is 9.78. The topological polar surface area (TPSA) is 55.8 Å². The maximum absolute atomic E-state index is 11.4. The van der Waals surface area contributed by atoms with Gasteiger partial charge in [0.2, 0.25) is 0 Å². The van der Waals surface area contributed by atoms with Gasteiger partial charge in [-0.2, -0.15) is 0 Å². The van der Waals surface area contributed by atoms with E-state index in [0.717, 1.165) is 6.42 Å². The second kappa shape index (κ2) is 10.1. The van der Waals surface area contributed by atoms with Crippen LogP contribution in [0.15, 0.2) is 0 Å². The predicted molar refractivity (Wildman–Crippen MR) is 57.8 cm³/mol. The third-order valence-corrected chi connectivity index (χ3v) is 2.26. The van der Waals surface area contributed by atoms with E-state index in [1.807, 2.05) is 13.8 Å². The molecule has 0 aromatic carbocycles. The number of aliphatic hydroxyl groups excluding tert-OH is 1. The van der Waals surface area contributed by atoms with Crippen molar-refractivity contribution in [2.75, 3.05) is 33.0 Å². The minimum absolute atomic E-state index is 0.0342. The lowest BCUT2D eigenvalue weighted by atomic mass is 10.0. The van der Waals surface area contributed by atoms with Gasteiger partial charge in [-0.05, 0) is 6.42 Å². The molecule has 0 bridgehead atoms. The van der Waals surface area contributed by atoms with Crippen LogP contribution in [0.3, 0.4) is 0 Å². The molecule has 0 fully saturated rings. The second-order valence-electron chi connectivity index (χ2n) is 3.47. The summed E-state index contributed by atoms with van der Waals surface area (Å²) in [6.07, 6.45) is 1.37. The lowest BCUT2D eigenvalue weighted by Crippen LogP contribution is -2.14. The van der Waals surface area contributed by atoms with Crippen molar-refractivity contribution in [3.63, 3.8) is 0 Å². The number of aliphatic hydroxyl groups is 1. The molecule has 0 rings (SSSR count). The highest BCUT2D eigenvalue weighted by atomic mass is 16.5. The van der Waals surface area contributed by atoms with Gasteiger partial charge in [0.05, 0.1) is 33.0 Å². The van der Waals surface area contributed by atoms with Crippen LogP contribution in [0, 0.1) is 5.92 Å². The molecule has 0 saturated heterocycles. The van der Waals surface area contributed by atoms with Crippen LogP contribution in [0.4, 0.5) is 0 Å². The number of rotatable bonds is 10. The first kappa shape index (κ1) is 14.6. The molecule has 0 amide bonds. The van der Waals surface area contributed by atoms with E-state index in [0.29, 0.717) is 32.8 Å². The van der Waals surface area contributed by atoms with Crippen molar-refractivity contribution in [3.05, 3.63) is 0 Å². The van der Waals surface area contributed by atoms with Crippen LogP contribution in [-0.2, 0) is 14.3 Å². The van der Waals surface area contributed by atoms with Crippen molar-refractivity contribution in [1.82, 2.24) is 0 Å². The molecule has 0 aromatic rings. The third-order valence-electron chi connectivity index (χ3n) is 2.26. The van der Waals surface area contributed by atoms with Crippen LogP contribution < -0.4 is 0 Å². The van der Waals surface area contributed by atoms with Crippen molar-refractivity contribution >= 4 is 5.78 Å². The van der Waals surface area contributed by atoms with Crippen LogP contribution in [0.2, 0.25) is 0 Å². The Morgan fingerprint density at radius 3 is 2.33 bits per heavy atom. The number of hydrogen-bond acceptors (Lipinski definition) is 4. The van der Waals surface area contributed by atoms with Gasteiger partial charge in [-0.1, -0.05) is 13.8 Å². The molecule has 4 nitrogen and oxygen atoms in total. The first-order valence-electron chi connectivity index (χ1n) is 5.51. The molecule has 1 atom stereocenters. The Hall–Kier alpha value is -0.450. The van der Waals surface area contributed by atoms with Crippen molar-refractivity contribution in [2.45, 2.75) is 26.7 Å². The quantitative estimate of drug-likeness (QED) is 0.556. The Balaban J connectivity index is 3.20. The lowest BCUT2D eigenvalue weighted by molar-refractivity contribution is -0.123. The molecule has 0 heterocycles. The molecule has 0 spiro atoms. The van der Waals surface area contributed by atoms with Crippen molar-refractivity contribution in [1.29, 1.82) is 0 Å². The molecule has 90 valence electrons. The first-order chi connectivity index (χ1) is 7.22. The lowest BCUT2D eigenvalue weighted by Gasteiger charge is -2.07. The Morgan fingerprint density at radius 1 is 1.20 bits per heavy atom. The summed E-state index contributed by atoms with van der Waals surface area (Å²) in [6.45, 7) is 5.73. The molecule has 0 aliphatic heterocycles. The number of carbonyl (C=O) groups excluding carboxylic acids is 1. The number of Topliss-reactive ketones (excluding diaryl/α,β-unsaturated/α-hetero) is 1. The van der Waals surface area contributed by atoms with Crippen molar-refractivity contribution < 1.29 is 19.4 Å². The molecule has 0 radical (unpaired) electrons. The van der Waals surface area contributed by atoms with Gasteiger partial charge in [-0.25, -0.2) is 0 Å². The molecule has 4 heteroatoms. The normalized spacial score (nSPS) is 12.7. The third kappa shape index (κ3) is 8.54. The van der Waals surface area contributed by atoms with E-state index >= 15 is 0 Å². The zero-order chi connectivity index (χ0) is 11.5. The van der Waals surface area contributed by atoms with Crippen LogP contribution >= 0.6 is 0 Å². The number of hydrogen-bond donors (Lipinski definition) is 1. The van der Waals surface area contributed by atoms with Gasteiger partial charge in [0, 0.05) is 12.3 Å². The fraction of sp³-hybridized carbons (Fsp3) is 0.909. The van der Waals surface area contributed by atoms with E-state index in [1.54, 1.807) is 0 Å². The van der Waals surface area contributed by atoms with Gasteiger partial charge in [0.15, 0.2) is 0 Å². The number of ketones is 1. The molecule has 15 heavy (non-hydrogen) atoms. The van der Waals surface area contributed by atoms with E-state index in [2.05, 4.69) is 0 Å². The van der Waals surface area contributed by atoms with Crippen LogP contribution in [-0.4, -0.2) is 43.9 Å². The molecule has 0 aliphatic rings. The summed E-state index contributed by atoms with van der Waals surface area (Å²) in [5, 5.41) is 8.42. The van der Waals surface area contributed by atoms with E-state index in [-0.39, 0.29) is 18.3 Å². The average Bonchev–Trinajstić information content (AvgIpc) is 2.26. The maximum atomic E-state index is 11.4. The summed E-state index contributed by atoms with van der Waals surface area (Å²) in [4.78, 5) is 11.4. The fourth-order valence-corrected chi connectivity index (χ4v) is 1.03. The summed E-state index contributed by atoms with van der Waals surface area (Å²) >= 11 is 0. The highest BCUT2D eigenvalue weighted by Gasteiger charge is 2.09. The highest BCUT2D eigenvalue weighted by Crippen LogP contribution is 2.04. The van der Waals surface area contributed by atoms with E-state index < -0.39 is 0 Å². The van der Waals surface area contributed by atoms with E-state index in [9.17, 15) is 4.79 Å². The van der Waals surface area contributed by atoms with Crippen LogP contribution in [0.1, 0.15) is 26.7 Å². The van der Waals surface area contributed by atoms with Gasteiger partial charge in [0.25, 0.3) is 0 Å². The fourth-order valence-electron chi connectivity index (χ4n) is 1.03. The van der Waals surface area contributed by atoms with E-state index in [1.165, 1.54) is 0 Å². The van der Waals surface area contributed by atoms with Crippen LogP contribution in [0.5, 0.6) is 0 Å². The van der Waals surface area contributed by atoms with Gasteiger partial charge in [-0.3, -0.25) is 4.79 Å². The molecule has 1 unspecified atom stereocenters. The summed E-state index contributed by atoms with van der Waals surface area (Å²) < 4.78 is 10.2. The summed E-state index contributed by atoms with van der Waals surface area (Å²) in [6, 6.07) is 0. The Morgan fingerprint density at radius 2 is 1.80 bits per heavy atom.